The number of alkyl halides is 1. The van der Waals surface area contributed by atoms with Gasteiger partial charge in [0.25, 0.3) is 0 Å². The highest BCUT2D eigenvalue weighted by molar-refractivity contribution is 6.17. The van der Waals surface area contributed by atoms with Crippen LogP contribution in [0.15, 0.2) is 30.3 Å². The van der Waals surface area contributed by atoms with Crippen molar-refractivity contribution in [2.75, 3.05) is 19.0 Å². The van der Waals surface area contributed by atoms with Crippen molar-refractivity contribution >= 4 is 11.6 Å². The van der Waals surface area contributed by atoms with E-state index in [0.29, 0.717) is 0 Å². The Morgan fingerprint density at radius 1 is 1.19 bits per heavy atom. The summed E-state index contributed by atoms with van der Waals surface area (Å²) in [6.07, 6.45) is 3.65. The zero-order chi connectivity index (χ0) is 11.2. The molecule has 0 amide bonds. The lowest BCUT2D eigenvalue weighted by Crippen LogP contribution is -2.37. The van der Waals surface area contributed by atoms with E-state index in [1.165, 1.54) is 18.4 Å². The van der Waals surface area contributed by atoms with E-state index in [4.69, 9.17) is 11.6 Å². The van der Waals surface area contributed by atoms with Crippen molar-refractivity contribution in [2.45, 2.75) is 19.3 Å². The summed E-state index contributed by atoms with van der Waals surface area (Å²) in [6.45, 7) is 2.31. The van der Waals surface area contributed by atoms with E-state index < -0.39 is 0 Å². The van der Waals surface area contributed by atoms with Gasteiger partial charge in [-0.05, 0) is 49.8 Å². The van der Waals surface area contributed by atoms with Gasteiger partial charge in [0, 0.05) is 5.88 Å². The fourth-order valence-electron chi connectivity index (χ4n) is 2.64. The lowest BCUT2D eigenvalue weighted by molar-refractivity contribution is 0.247. The Bertz CT molecular complexity index is 297. The molecule has 1 heterocycles. The molecule has 0 spiro atoms. The first-order valence-electron chi connectivity index (χ1n) is 6.20. The number of piperidine rings is 1. The monoisotopic (exact) mass is 237 g/mol. The molecular formula is C14H20ClN. The first kappa shape index (κ1) is 11.9. The maximum atomic E-state index is 5.88. The molecule has 1 aliphatic rings. The van der Waals surface area contributed by atoms with Gasteiger partial charge in [0.05, 0.1) is 0 Å². The molecule has 1 saturated heterocycles. The largest absolute Gasteiger partial charge is 0.316 e. The first-order chi connectivity index (χ1) is 7.90. The van der Waals surface area contributed by atoms with E-state index in [9.17, 15) is 0 Å². The molecule has 0 aromatic heterocycles. The van der Waals surface area contributed by atoms with Crippen molar-refractivity contribution in [2.24, 2.45) is 11.8 Å². The first-order valence-corrected chi connectivity index (χ1v) is 6.74. The zero-order valence-electron chi connectivity index (χ0n) is 9.66. The third-order valence-electron chi connectivity index (χ3n) is 3.59. The van der Waals surface area contributed by atoms with E-state index in [1.807, 2.05) is 0 Å². The molecule has 2 heteroatoms. The van der Waals surface area contributed by atoms with Crippen molar-refractivity contribution in [3.63, 3.8) is 0 Å². The highest BCUT2D eigenvalue weighted by atomic mass is 35.5. The van der Waals surface area contributed by atoms with Crippen LogP contribution in [0.25, 0.3) is 0 Å². The lowest BCUT2D eigenvalue weighted by atomic mass is 9.80. The molecule has 1 aliphatic heterocycles. The predicted octanol–water partition coefficient (Wildman–Crippen LogP) is 3.08. The third kappa shape index (κ3) is 3.23. The lowest BCUT2D eigenvalue weighted by Gasteiger charge is -2.32. The van der Waals surface area contributed by atoms with E-state index >= 15 is 0 Å². The molecule has 0 bridgehead atoms. The molecule has 1 aromatic carbocycles. The van der Waals surface area contributed by atoms with Crippen LogP contribution in [0.2, 0.25) is 0 Å². The maximum absolute atomic E-state index is 5.88. The predicted molar refractivity (Wildman–Crippen MR) is 69.9 cm³/mol. The van der Waals surface area contributed by atoms with Crippen molar-refractivity contribution in [3.05, 3.63) is 35.9 Å². The molecular weight excluding hydrogens is 218 g/mol. The third-order valence-corrected chi connectivity index (χ3v) is 3.80. The van der Waals surface area contributed by atoms with Crippen molar-refractivity contribution in [1.82, 2.24) is 5.32 Å². The van der Waals surface area contributed by atoms with E-state index in [0.717, 1.165) is 37.2 Å². The molecule has 16 heavy (non-hydrogen) atoms. The summed E-state index contributed by atoms with van der Waals surface area (Å²) in [5.41, 5.74) is 1.47. The molecule has 1 aromatic rings. The second-order valence-electron chi connectivity index (χ2n) is 4.68. The molecule has 0 aliphatic carbocycles. The topological polar surface area (TPSA) is 12.0 Å². The van der Waals surface area contributed by atoms with E-state index in [-0.39, 0.29) is 0 Å². The number of halogens is 1. The molecule has 2 unspecified atom stereocenters. The molecule has 2 atom stereocenters. The standard InChI is InChI=1S/C14H20ClN/c15-8-6-14-11-16-9-7-13(14)10-12-4-2-1-3-5-12/h1-5,13-14,16H,6-11H2. The van der Waals surface area contributed by atoms with Gasteiger partial charge in [-0.1, -0.05) is 30.3 Å². The van der Waals surface area contributed by atoms with Crippen LogP contribution in [0.5, 0.6) is 0 Å². The molecule has 1 fully saturated rings. The second kappa shape index (κ2) is 6.27. The molecule has 0 radical (unpaired) electrons. The average molecular weight is 238 g/mol. The Labute approximate surface area is 103 Å². The summed E-state index contributed by atoms with van der Waals surface area (Å²) in [5.74, 6) is 2.35. The van der Waals surface area contributed by atoms with Crippen LogP contribution in [0.1, 0.15) is 18.4 Å². The van der Waals surface area contributed by atoms with Gasteiger partial charge in [0.2, 0.25) is 0 Å². The van der Waals surface area contributed by atoms with E-state index in [1.54, 1.807) is 0 Å². The molecule has 0 saturated carbocycles. The molecule has 1 N–H and O–H groups in total. The fraction of sp³-hybridized carbons (Fsp3) is 0.571. The number of benzene rings is 1. The highest BCUT2D eigenvalue weighted by Gasteiger charge is 2.24. The molecule has 2 rings (SSSR count). The normalized spacial score (nSPS) is 25.6. The number of hydrogen-bond donors (Lipinski definition) is 1. The van der Waals surface area contributed by atoms with Gasteiger partial charge < -0.3 is 5.32 Å². The van der Waals surface area contributed by atoms with Crippen molar-refractivity contribution < 1.29 is 0 Å². The Balaban J connectivity index is 1.96. The van der Waals surface area contributed by atoms with Crippen LogP contribution in [0, 0.1) is 11.8 Å². The van der Waals surface area contributed by atoms with Crippen LogP contribution < -0.4 is 5.32 Å². The number of rotatable bonds is 4. The number of hydrogen-bond acceptors (Lipinski definition) is 1. The van der Waals surface area contributed by atoms with Crippen LogP contribution in [0.4, 0.5) is 0 Å². The Morgan fingerprint density at radius 2 is 2.00 bits per heavy atom. The SMILES string of the molecule is ClCCC1CNCCC1Cc1ccccc1. The van der Waals surface area contributed by atoms with Gasteiger partial charge in [0.1, 0.15) is 0 Å². The van der Waals surface area contributed by atoms with Crippen molar-refractivity contribution in [1.29, 1.82) is 0 Å². The van der Waals surface area contributed by atoms with Gasteiger partial charge in [-0.15, -0.1) is 11.6 Å². The Morgan fingerprint density at radius 3 is 2.75 bits per heavy atom. The van der Waals surface area contributed by atoms with Crippen LogP contribution in [-0.4, -0.2) is 19.0 Å². The fourth-order valence-corrected chi connectivity index (χ4v) is 2.92. The van der Waals surface area contributed by atoms with Crippen LogP contribution in [0.3, 0.4) is 0 Å². The van der Waals surface area contributed by atoms with Crippen molar-refractivity contribution in [3.8, 4) is 0 Å². The Kier molecular flexibility index (Phi) is 4.68. The second-order valence-corrected chi connectivity index (χ2v) is 5.06. The smallest absolute Gasteiger partial charge is 0.0226 e. The summed E-state index contributed by atoms with van der Waals surface area (Å²) in [6, 6.07) is 10.8. The van der Waals surface area contributed by atoms with E-state index in [2.05, 4.69) is 35.6 Å². The summed E-state index contributed by atoms with van der Waals surface area (Å²) in [5, 5.41) is 3.48. The summed E-state index contributed by atoms with van der Waals surface area (Å²) in [4.78, 5) is 0. The van der Waals surface area contributed by atoms with Gasteiger partial charge in [0.15, 0.2) is 0 Å². The Hall–Kier alpha value is -0.530. The minimum Gasteiger partial charge on any atom is -0.316 e. The highest BCUT2D eigenvalue weighted by Crippen LogP contribution is 2.26. The van der Waals surface area contributed by atoms with Gasteiger partial charge in [-0.25, -0.2) is 0 Å². The summed E-state index contributed by atoms with van der Waals surface area (Å²) in [7, 11) is 0. The molecule has 1 nitrogen and oxygen atoms in total. The number of nitrogens with one attached hydrogen (secondary N) is 1. The zero-order valence-corrected chi connectivity index (χ0v) is 10.4. The van der Waals surface area contributed by atoms with Gasteiger partial charge in [-0.2, -0.15) is 0 Å². The minimum atomic E-state index is 0.756. The van der Waals surface area contributed by atoms with Gasteiger partial charge in [-0.3, -0.25) is 0 Å². The average Bonchev–Trinajstić information content (AvgIpc) is 2.33. The van der Waals surface area contributed by atoms with Crippen LogP contribution in [-0.2, 0) is 6.42 Å². The van der Waals surface area contributed by atoms with Crippen LogP contribution >= 0.6 is 11.6 Å². The quantitative estimate of drug-likeness (QED) is 0.794. The maximum Gasteiger partial charge on any atom is 0.0226 e. The summed E-state index contributed by atoms with van der Waals surface area (Å²) >= 11 is 5.88. The summed E-state index contributed by atoms with van der Waals surface area (Å²) < 4.78 is 0. The minimum absolute atomic E-state index is 0.756. The molecule has 88 valence electrons. The van der Waals surface area contributed by atoms with Gasteiger partial charge >= 0.3 is 0 Å².